The summed E-state index contributed by atoms with van der Waals surface area (Å²) < 4.78 is 5.46. The maximum atomic E-state index is 13.5. The molecule has 1 aliphatic carbocycles. The monoisotopic (exact) mass is 377 g/mol. The van der Waals surface area contributed by atoms with Gasteiger partial charge in [0.1, 0.15) is 5.66 Å². The number of anilines is 3. The molecule has 5 nitrogen and oxygen atoms in total. The molecule has 28 heavy (non-hydrogen) atoms. The fourth-order valence-electron chi connectivity index (χ4n) is 4.88. The summed E-state index contributed by atoms with van der Waals surface area (Å²) in [5.74, 6) is 0.107. The summed E-state index contributed by atoms with van der Waals surface area (Å²) in [7, 11) is 0. The van der Waals surface area contributed by atoms with Crippen LogP contribution in [0, 0.1) is 0 Å². The average Bonchev–Trinajstić information content (AvgIpc) is 2.75. The molecular formula is C23H27N3O2. The normalized spacial score (nSPS) is 21.4. The number of ether oxygens (including phenoxy) is 1. The van der Waals surface area contributed by atoms with Gasteiger partial charge in [-0.1, -0.05) is 18.6 Å². The Morgan fingerprint density at radius 3 is 2.29 bits per heavy atom. The quantitative estimate of drug-likeness (QED) is 0.850. The molecular weight excluding hydrogens is 350 g/mol. The molecule has 2 aromatic rings. The zero-order valence-electron chi connectivity index (χ0n) is 16.2. The summed E-state index contributed by atoms with van der Waals surface area (Å²) in [5, 5.41) is 3.75. The molecule has 0 radical (unpaired) electrons. The van der Waals surface area contributed by atoms with Crippen molar-refractivity contribution in [3.05, 3.63) is 54.1 Å². The zero-order chi connectivity index (χ0) is 19.0. The van der Waals surface area contributed by atoms with Gasteiger partial charge in [-0.3, -0.25) is 9.69 Å². The fourth-order valence-corrected chi connectivity index (χ4v) is 4.88. The van der Waals surface area contributed by atoms with Crippen molar-refractivity contribution in [3.63, 3.8) is 0 Å². The third-order valence-electron chi connectivity index (χ3n) is 6.32. The Morgan fingerprint density at radius 1 is 0.857 bits per heavy atom. The molecule has 5 rings (SSSR count). The second-order valence-corrected chi connectivity index (χ2v) is 8.02. The number of hydrogen-bond donors (Lipinski definition) is 1. The molecule has 1 spiro atoms. The summed E-state index contributed by atoms with van der Waals surface area (Å²) >= 11 is 0. The van der Waals surface area contributed by atoms with E-state index in [9.17, 15) is 4.79 Å². The predicted molar refractivity (Wildman–Crippen MR) is 112 cm³/mol. The van der Waals surface area contributed by atoms with Gasteiger partial charge in [0.15, 0.2) is 0 Å². The molecule has 0 atom stereocenters. The van der Waals surface area contributed by atoms with E-state index in [1.165, 1.54) is 12.1 Å². The largest absolute Gasteiger partial charge is 0.378 e. The summed E-state index contributed by atoms with van der Waals surface area (Å²) in [6.45, 7) is 3.38. The lowest BCUT2D eigenvalue weighted by atomic mass is 9.84. The predicted octanol–water partition coefficient (Wildman–Crippen LogP) is 4.26. The molecule has 2 aliphatic heterocycles. The Labute approximate surface area is 166 Å². The lowest BCUT2D eigenvalue weighted by molar-refractivity contribution is 0.0938. The number of carbonyl (C=O) groups is 1. The Balaban J connectivity index is 1.51. The number of hydrogen-bond acceptors (Lipinski definition) is 4. The zero-order valence-corrected chi connectivity index (χ0v) is 16.2. The van der Waals surface area contributed by atoms with Crippen LogP contribution in [0.2, 0.25) is 0 Å². The van der Waals surface area contributed by atoms with E-state index in [0.717, 1.165) is 68.9 Å². The second kappa shape index (κ2) is 7.13. The molecule has 146 valence electrons. The number of para-hydroxylation sites is 1. The molecule has 2 fully saturated rings. The number of nitrogens with one attached hydrogen (secondary N) is 1. The number of benzene rings is 2. The fraction of sp³-hybridized carbons (Fsp3) is 0.435. The van der Waals surface area contributed by atoms with Gasteiger partial charge < -0.3 is 15.0 Å². The first kappa shape index (κ1) is 17.6. The first-order valence-electron chi connectivity index (χ1n) is 10.4. The lowest BCUT2D eigenvalue weighted by Gasteiger charge is -2.50. The lowest BCUT2D eigenvalue weighted by Crippen LogP contribution is -2.61. The van der Waals surface area contributed by atoms with Gasteiger partial charge in [-0.05, 0) is 62.1 Å². The van der Waals surface area contributed by atoms with Crippen LogP contribution in [-0.4, -0.2) is 37.9 Å². The molecule has 1 amide bonds. The molecule has 1 N–H and O–H groups in total. The molecule has 5 heteroatoms. The highest BCUT2D eigenvalue weighted by atomic mass is 16.5. The van der Waals surface area contributed by atoms with Crippen LogP contribution in [0.3, 0.4) is 0 Å². The summed E-state index contributed by atoms with van der Waals surface area (Å²) in [4.78, 5) is 17.9. The van der Waals surface area contributed by atoms with Crippen molar-refractivity contribution >= 4 is 23.0 Å². The van der Waals surface area contributed by atoms with Crippen LogP contribution in [0.4, 0.5) is 17.1 Å². The Kier molecular flexibility index (Phi) is 4.47. The molecule has 2 aromatic carbocycles. The minimum atomic E-state index is -0.315. The number of rotatable bonds is 2. The van der Waals surface area contributed by atoms with E-state index >= 15 is 0 Å². The third-order valence-corrected chi connectivity index (χ3v) is 6.32. The van der Waals surface area contributed by atoms with E-state index in [1.807, 2.05) is 29.2 Å². The maximum Gasteiger partial charge on any atom is 0.262 e. The molecule has 1 saturated carbocycles. The van der Waals surface area contributed by atoms with E-state index in [2.05, 4.69) is 34.5 Å². The minimum absolute atomic E-state index is 0.107. The summed E-state index contributed by atoms with van der Waals surface area (Å²) in [6.07, 6.45) is 5.50. The van der Waals surface area contributed by atoms with Crippen molar-refractivity contribution in [2.24, 2.45) is 0 Å². The van der Waals surface area contributed by atoms with Crippen LogP contribution in [0.15, 0.2) is 48.5 Å². The number of nitrogens with zero attached hydrogens (tertiary/aromatic N) is 2. The third kappa shape index (κ3) is 2.94. The smallest absolute Gasteiger partial charge is 0.262 e. The number of carbonyl (C=O) groups excluding carboxylic acids is 1. The van der Waals surface area contributed by atoms with Crippen molar-refractivity contribution in [1.82, 2.24) is 0 Å². The molecule has 1 saturated heterocycles. The van der Waals surface area contributed by atoms with Gasteiger partial charge in [0.05, 0.1) is 18.8 Å². The van der Waals surface area contributed by atoms with Crippen LogP contribution in [0.25, 0.3) is 0 Å². The van der Waals surface area contributed by atoms with Gasteiger partial charge in [0.25, 0.3) is 5.91 Å². The van der Waals surface area contributed by atoms with E-state index in [0.29, 0.717) is 0 Å². The van der Waals surface area contributed by atoms with Gasteiger partial charge >= 0.3 is 0 Å². The standard InChI is InChI=1S/C23H27N3O2/c27-22-20-6-2-3-7-21(20)24-23(12-4-1-5-13-23)26(22)19-10-8-18(9-11-19)25-14-16-28-17-15-25/h2-3,6-11,24H,1,4-5,12-17H2. The van der Waals surface area contributed by atoms with Gasteiger partial charge in [0.2, 0.25) is 0 Å². The number of amides is 1. The first-order valence-corrected chi connectivity index (χ1v) is 10.4. The van der Waals surface area contributed by atoms with Crippen molar-refractivity contribution in [1.29, 1.82) is 0 Å². The van der Waals surface area contributed by atoms with Crippen molar-refractivity contribution in [2.75, 3.05) is 41.4 Å². The highest BCUT2D eigenvalue weighted by Crippen LogP contribution is 2.43. The van der Waals surface area contributed by atoms with Gasteiger partial charge in [0, 0.05) is 30.2 Å². The molecule has 3 aliphatic rings. The van der Waals surface area contributed by atoms with Crippen LogP contribution >= 0.6 is 0 Å². The van der Waals surface area contributed by atoms with Crippen LogP contribution in [0.1, 0.15) is 42.5 Å². The minimum Gasteiger partial charge on any atom is -0.378 e. The molecule has 0 bridgehead atoms. The van der Waals surface area contributed by atoms with Crippen molar-refractivity contribution in [3.8, 4) is 0 Å². The molecule has 0 unspecified atom stereocenters. The summed E-state index contributed by atoms with van der Waals surface area (Å²) in [6, 6.07) is 16.4. The van der Waals surface area contributed by atoms with Gasteiger partial charge in [-0.25, -0.2) is 0 Å². The average molecular weight is 377 g/mol. The van der Waals surface area contributed by atoms with E-state index in [-0.39, 0.29) is 11.6 Å². The first-order chi connectivity index (χ1) is 13.8. The topological polar surface area (TPSA) is 44.8 Å². The highest BCUT2D eigenvalue weighted by molar-refractivity contribution is 6.12. The van der Waals surface area contributed by atoms with E-state index in [1.54, 1.807) is 0 Å². The van der Waals surface area contributed by atoms with E-state index in [4.69, 9.17) is 4.74 Å². The molecule has 0 aromatic heterocycles. The van der Waals surface area contributed by atoms with Crippen molar-refractivity contribution in [2.45, 2.75) is 37.8 Å². The second-order valence-electron chi connectivity index (χ2n) is 8.02. The number of morpholine rings is 1. The Bertz CT molecular complexity index is 852. The van der Waals surface area contributed by atoms with Gasteiger partial charge in [-0.15, -0.1) is 0 Å². The molecule has 2 heterocycles. The van der Waals surface area contributed by atoms with Crippen molar-refractivity contribution < 1.29 is 9.53 Å². The van der Waals surface area contributed by atoms with Gasteiger partial charge in [-0.2, -0.15) is 0 Å². The Morgan fingerprint density at radius 2 is 1.54 bits per heavy atom. The Hall–Kier alpha value is -2.53. The van der Waals surface area contributed by atoms with Crippen LogP contribution < -0.4 is 15.1 Å². The van der Waals surface area contributed by atoms with Crippen LogP contribution in [-0.2, 0) is 4.74 Å². The maximum absolute atomic E-state index is 13.5. The SMILES string of the molecule is O=C1c2ccccc2NC2(CCCCC2)N1c1ccc(N2CCOCC2)cc1. The highest BCUT2D eigenvalue weighted by Gasteiger charge is 2.45. The van der Waals surface area contributed by atoms with E-state index < -0.39 is 0 Å². The summed E-state index contributed by atoms with van der Waals surface area (Å²) in [5.41, 5.74) is 3.59. The van der Waals surface area contributed by atoms with Crippen LogP contribution in [0.5, 0.6) is 0 Å². The number of fused-ring (bicyclic) bond motifs is 1.